The van der Waals surface area contributed by atoms with Crippen LogP contribution < -0.4 is 15.0 Å². The number of hydrogen-bond donors (Lipinski definition) is 1. The molecule has 1 N–H and O–H groups in total. The van der Waals surface area contributed by atoms with Crippen LogP contribution in [0.2, 0.25) is 5.02 Å². The number of nitrogens with one attached hydrogen (secondary N) is 1. The summed E-state index contributed by atoms with van der Waals surface area (Å²) < 4.78 is 5.12. The monoisotopic (exact) mass is 372 g/mol. The van der Waals surface area contributed by atoms with Crippen molar-refractivity contribution in [2.75, 3.05) is 18.6 Å². The van der Waals surface area contributed by atoms with Crippen molar-refractivity contribution >= 4 is 29.1 Å². The SMILES string of the molecule is COc1ccc(CNC(=O)C2CC(=O)N(c3cccc(Cl)c3C)C2)cc1. The molecule has 0 radical (unpaired) electrons. The largest absolute Gasteiger partial charge is 0.497 e. The number of methoxy groups -OCH3 is 1. The first-order valence-electron chi connectivity index (χ1n) is 8.45. The Labute approximate surface area is 157 Å². The van der Waals surface area contributed by atoms with E-state index in [0.29, 0.717) is 18.1 Å². The molecule has 3 rings (SSSR count). The number of carbonyl (C=O) groups is 2. The Bertz CT molecular complexity index is 820. The summed E-state index contributed by atoms with van der Waals surface area (Å²) in [5.74, 6) is 0.240. The van der Waals surface area contributed by atoms with Crippen LogP contribution in [0.3, 0.4) is 0 Å². The van der Waals surface area contributed by atoms with Gasteiger partial charge < -0.3 is 15.0 Å². The molecule has 0 saturated carbocycles. The molecule has 0 aliphatic carbocycles. The van der Waals surface area contributed by atoms with Crippen LogP contribution >= 0.6 is 11.6 Å². The van der Waals surface area contributed by atoms with Gasteiger partial charge in [0.1, 0.15) is 5.75 Å². The summed E-state index contributed by atoms with van der Waals surface area (Å²) >= 11 is 6.15. The summed E-state index contributed by atoms with van der Waals surface area (Å²) in [4.78, 5) is 26.5. The maximum atomic E-state index is 12.5. The first kappa shape index (κ1) is 18.3. The lowest BCUT2D eigenvalue weighted by Gasteiger charge is -2.19. The predicted molar refractivity (Wildman–Crippen MR) is 101 cm³/mol. The number of ether oxygens (including phenoxy) is 1. The molecule has 1 unspecified atom stereocenters. The molecule has 2 aromatic carbocycles. The zero-order chi connectivity index (χ0) is 18.7. The maximum absolute atomic E-state index is 12.5. The molecule has 1 atom stereocenters. The average molecular weight is 373 g/mol. The van der Waals surface area contributed by atoms with Gasteiger partial charge in [-0.3, -0.25) is 9.59 Å². The standard InChI is InChI=1S/C20H21ClN2O3/c1-13-17(21)4-3-5-18(13)23-12-15(10-19(23)24)20(25)22-11-14-6-8-16(26-2)9-7-14/h3-9,15H,10-12H2,1-2H3,(H,22,25). The Morgan fingerprint density at radius 2 is 2.00 bits per heavy atom. The summed E-state index contributed by atoms with van der Waals surface area (Å²) in [6, 6.07) is 13.0. The molecule has 1 fully saturated rings. The van der Waals surface area contributed by atoms with Gasteiger partial charge in [0.05, 0.1) is 13.0 Å². The average Bonchev–Trinajstić information content (AvgIpc) is 3.04. The van der Waals surface area contributed by atoms with Gasteiger partial charge in [0.25, 0.3) is 0 Å². The second-order valence-corrected chi connectivity index (χ2v) is 6.76. The van der Waals surface area contributed by atoms with Crippen molar-refractivity contribution in [3.05, 3.63) is 58.6 Å². The highest BCUT2D eigenvalue weighted by Crippen LogP contribution is 2.31. The molecule has 2 amide bonds. The minimum Gasteiger partial charge on any atom is -0.497 e. The summed E-state index contributed by atoms with van der Waals surface area (Å²) in [5, 5.41) is 3.53. The Hall–Kier alpha value is -2.53. The number of carbonyl (C=O) groups excluding carboxylic acids is 2. The minimum atomic E-state index is -0.362. The van der Waals surface area contributed by atoms with Crippen molar-refractivity contribution in [2.24, 2.45) is 5.92 Å². The van der Waals surface area contributed by atoms with Gasteiger partial charge in [-0.25, -0.2) is 0 Å². The van der Waals surface area contributed by atoms with Gasteiger partial charge in [0, 0.05) is 30.2 Å². The van der Waals surface area contributed by atoms with Gasteiger partial charge in [-0.2, -0.15) is 0 Å². The van der Waals surface area contributed by atoms with Crippen molar-refractivity contribution in [2.45, 2.75) is 19.9 Å². The Morgan fingerprint density at radius 1 is 1.27 bits per heavy atom. The summed E-state index contributed by atoms with van der Waals surface area (Å²) in [7, 11) is 1.61. The third-order valence-corrected chi connectivity index (χ3v) is 5.06. The molecule has 2 aromatic rings. The summed E-state index contributed by atoms with van der Waals surface area (Å²) in [6.45, 7) is 2.67. The van der Waals surface area contributed by atoms with E-state index in [0.717, 1.165) is 22.6 Å². The molecule has 26 heavy (non-hydrogen) atoms. The van der Waals surface area contributed by atoms with Crippen molar-refractivity contribution < 1.29 is 14.3 Å². The van der Waals surface area contributed by atoms with E-state index in [1.807, 2.05) is 43.3 Å². The van der Waals surface area contributed by atoms with Crippen LogP contribution in [0.25, 0.3) is 0 Å². The highest BCUT2D eigenvalue weighted by molar-refractivity contribution is 6.31. The zero-order valence-corrected chi connectivity index (χ0v) is 15.5. The highest BCUT2D eigenvalue weighted by Gasteiger charge is 2.35. The summed E-state index contributed by atoms with van der Waals surface area (Å²) in [5.41, 5.74) is 2.60. The second kappa shape index (κ2) is 7.79. The van der Waals surface area contributed by atoms with Crippen molar-refractivity contribution in [3.63, 3.8) is 0 Å². The number of rotatable bonds is 5. The van der Waals surface area contributed by atoms with Crippen LogP contribution in [0.15, 0.2) is 42.5 Å². The zero-order valence-electron chi connectivity index (χ0n) is 14.8. The van der Waals surface area contributed by atoms with E-state index in [1.54, 1.807) is 18.1 Å². The first-order chi connectivity index (χ1) is 12.5. The fourth-order valence-corrected chi connectivity index (χ4v) is 3.25. The lowest BCUT2D eigenvalue weighted by Crippen LogP contribution is -2.32. The van der Waals surface area contributed by atoms with Gasteiger partial charge in [-0.1, -0.05) is 29.8 Å². The fraction of sp³-hybridized carbons (Fsp3) is 0.300. The smallest absolute Gasteiger partial charge is 0.227 e. The van der Waals surface area contributed by atoms with Crippen molar-refractivity contribution in [1.82, 2.24) is 5.32 Å². The highest BCUT2D eigenvalue weighted by atomic mass is 35.5. The Morgan fingerprint density at radius 3 is 2.69 bits per heavy atom. The topological polar surface area (TPSA) is 58.6 Å². The van der Waals surface area contributed by atoms with Crippen molar-refractivity contribution in [1.29, 1.82) is 0 Å². The van der Waals surface area contributed by atoms with E-state index in [-0.39, 0.29) is 24.2 Å². The van der Waals surface area contributed by atoms with E-state index in [4.69, 9.17) is 16.3 Å². The van der Waals surface area contributed by atoms with Crippen LogP contribution in [0.1, 0.15) is 17.5 Å². The van der Waals surface area contributed by atoms with Crippen LogP contribution in [0, 0.1) is 12.8 Å². The molecular weight excluding hydrogens is 352 g/mol. The molecule has 6 heteroatoms. The van der Waals surface area contributed by atoms with E-state index in [9.17, 15) is 9.59 Å². The molecule has 0 bridgehead atoms. The van der Waals surface area contributed by atoms with Crippen LogP contribution in [0.4, 0.5) is 5.69 Å². The van der Waals surface area contributed by atoms with E-state index in [2.05, 4.69) is 5.32 Å². The van der Waals surface area contributed by atoms with Gasteiger partial charge in [0.2, 0.25) is 11.8 Å². The molecule has 5 nitrogen and oxygen atoms in total. The lowest BCUT2D eigenvalue weighted by atomic mass is 10.1. The van der Waals surface area contributed by atoms with E-state index in [1.165, 1.54) is 0 Å². The maximum Gasteiger partial charge on any atom is 0.227 e. The minimum absolute atomic E-state index is 0.0556. The quantitative estimate of drug-likeness (QED) is 0.875. The molecule has 1 saturated heterocycles. The lowest BCUT2D eigenvalue weighted by molar-refractivity contribution is -0.126. The number of benzene rings is 2. The second-order valence-electron chi connectivity index (χ2n) is 6.36. The molecule has 1 heterocycles. The van der Waals surface area contributed by atoms with Crippen molar-refractivity contribution in [3.8, 4) is 5.75 Å². The van der Waals surface area contributed by atoms with Crippen LogP contribution in [-0.4, -0.2) is 25.5 Å². The number of hydrogen-bond acceptors (Lipinski definition) is 3. The molecule has 0 aromatic heterocycles. The van der Waals surface area contributed by atoms with E-state index >= 15 is 0 Å². The summed E-state index contributed by atoms with van der Waals surface area (Å²) in [6.07, 6.45) is 0.209. The third-order valence-electron chi connectivity index (χ3n) is 4.65. The molecule has 1 aliphatic heterocycles. The predicted octanol–water partition coefficient (Wildman–Crippen LogP) is 3.33. The Kier molecular flexibility index (Phi) is 5.47. The molecular formula is C20H21ClN2O3. The number of nitrogens with zero attached hydrogens (tertiary/aromatic N) is 1. The van der Waals surface area contributed by atoms with Gasteiger partial charge >= 0.3 is 0 Å². The molecule has 0 spiro atoms. The molecule has 136 valence electrons. The normalized spacial score (nSPS) is 16.7. The van der Waals surface area contributed by atoms with Gasteiger partial charge in [-0.05, 0) is 42.3 Å². The molecule has 1 aliphatic rings. The van der Waals surface area contributed by atoms with Crippen LogP contribution in [-0.2, 0) is 16.1 Å². The third kappa shape index (κ3) is 3.83. The number of anilines is 1. The van der Waals surface area contributed by atoms with Gasteiger partial charge in [-0.15, -0.1) is 0 Å². The van der Waals surface area contributed by atoms with Gasteiger partial charge in [0.15, 0.2) is 0 Å². The number of amides is 2. The number of halogens is 1. The first-order valence-corrected chi connectivity index (χ1v) is 8.83. The Balaban J connectivity index is 1.62. The fourth-order valence-electron chi connectivity index (χ4n) is 3.08. The van der Waals surface area contributed by atoms with Crippen LogP contribution in [0.5, 0.6) is 5.75 Å². The van der Waals surface area contributed by atoms with E-state index < -0.39 is 0 Å².